The molecule has 0 spiro atoms. The first-order valence-electron chi connectivity index (χ1n) is 6.97. The molecule has 19 heavy (non-hydrogen) atoms. The van der Waals surface area contributed by atoms with Crippen LogP contribution < -0.4 is 5.32 Å². The second kappa shape index (κ2) is 7.81. The zero-order valence-electron chi connectivity index (χ0n) is 11.8. The smallest absolute Gasteiger partial charge is 0.326 e. The van der Waals surface area contributed by atoms with Crippen molar-refractivity contribution in [1.29, 1.82) is 0 Å². The van der Waals surface area contributed by atoms with Crippen LogP contribution in [0, 0.1) is 0 Å². The molecule has 5 nitrogen and oxygen atoms in total. The molecule has 1 unspecified atom stereocenters. The van der Waals surface area contributed by atoms with Gasteiger partial charge in [0.25, 0.3) is 0 Å². The lowest BCUT2D eigenvalue weighted by Gasteiger charge is -2.24. The van der Waals surface area contributed by atoms with Gasteiger partial charge in [0.05, 0.1) is 0 Å². The number of carbonyl (C=O) groups is 2. The maximum atomic E-state index is 11.8. The summed E-state index contributed by atoms with van der Waals surface area (Å²) >= 11 is 0. The van der Waals surface area contributed by atoms with Gasteiger partial charge in [-0.2, -0.15) is 0 Å². The standard InChI is InChI=1S/C14H24N2O3/c1-3-12(13(17)18)16(2)14(19)15-10-9-11-7-5-4-6-8-11/h7,12H,3-6,8-10H2,1-2H3,(H,15,19)(H,17,18). The number of hydrogen-bond acceptors (Lipinski definition) is 2. The minimum Gasteiger partial charge on any atom is -0.480 e. The molecular formula is C14H24N2O3. The molecule has 2 amide bonds. The van der Waals surface area contributed by atoms with Gasteiger partial charge in [-0.3, -0.25) is 0 Å². The molecule has 0 saturated carbocycles. The summed E-state index contributed by atoms with van der Waals surface area (Å²) in [5.41, 5.74) is 1.40. The van der Waals surface area contributed by atoms with E-state index in [9.17, 15) is 9.59 Å². The number of nitrogens with zero attached hydrogens (tertiary/aromatic N) is 1. The molecule has 0 radical (unpaired) electrons. The summed E-state index contributed by atoms with van der Waals surface area (Å²) < 4.78 is 0. The topological polar surface area (TPSA) is 69.6 Å². The van der Waals surface area contributed by atoms with E-state index in [1.54, 1.807) is 6.92 Å². The van der Waals surface area contributed by atoms with Crippen LogP contribution in [0.15, 0.2) is 11.6 Å². The molecule has 0 heterocycles. The highest BCUT2D eigenvalue weighted by Crippen LogP contribution is 2.19. The summed E-state index contributed by atoms with van der Waals surface area (Å²) in [5.74, 6) is -0.963. The van der Waals surface area contributed by atoms with Gasteiger partial charge < -0.3 is 15.3 Å². The quantitative estimate of drug-likeness (QED) is 0.727. The Hall–Kier alpha value is -1.52. The summed E-state index contributed by atoms with van der Waals surface area (Å²) in [4.78, 5) is 24.0. The number of amides is 2. The minimum atomic E-state index is -0.963. The molecule has 0 saturated heterocycles. The Bertz CT molecular complexity index is 353. The Balaban J connectivity index is 2.33. The van der Waals surface area contributed by atoms with E-state index in [1.165, 1.54) is 30.4 Å². The lowest BCUT2D eigenvalue weighted by atomic mass is 9.97. The molecule has 0 bridgehead atoms. The Morgan fingerprint density at radius 1 is 1.47 bits per heavy atom. The number of urea groups is 1. The van der Waals surface area contributed by atoms with Gasteiger partial charge >= 0.3 is 12.0 Å². The second-order valence-corrected chi connectivity index (χ2v) is 4.96. The number of carboxylic acids is 1. The highest BCUT2D eigenvalue weighted by atomic mass is 16.4. The van der Waals surface area contributed by atoms with E-state index in [4.69, 9.17) is 5.11 Å². The van der Waals surface area contributed by atoms with Gasteiger partial charge in [-0.1, -0.05) is 18.6 Å². The molecule has 2 N–H and O–H groups in total. The average Bonchev–Trinajstić information content (AvgIpc) is 2.40. The lowest BCUT2D eigenvalue weighted by molar-refractivity contribution is -0.141. The van der Waals surface area contributed by atoms with Crippen molar-refractivity contribution in [3.8, 4) is 0 Å². The predicted octanol–water partition coefficient (Wildman–Crippen LogP) is 2.38. The van der Waals surface area contributed by atoms with Gasteiger partial charge in [-0.25, -0.2) is 9.59 Å². The Morgan fingerprint density at radius 3 is 2.74 bits per heavy atom. The third kappa shape index (κ3) is 4.93. The summed E-state index contributed by atoms with van der Waals surface area (Å²) in [5, 5.41) is 11.8. The molecule has 0 aromatic heterocycles. The van der Waals surface area contributed by atoms with Crippen LogP contribution in [0.3, 0.4) is 0 Å². The van der Waals surface area contributed by atoms with Crippen LogP contribution in [0.4, 0.5) is 4.79 Å². The molecule has 0 aromatic carbocycles. The first kappa shape index (κ1) is 15.5. The van der Waals surface area contributed by atoms with Crippen LogP contribution in [0.1, 0.15) is 45.4 Å². The van der Waals surface area contributed by atoms with Gasteiger partial charge in [-0.05, 0) is 38.5 Å². The van der Waals surface area contributed by atoms with Crippen molar-refractivity contribution in [2.24, 2.45) is 0 Å². The van der Waals surface area contributed by atoms with Gasteiger partial charge in [0, 0.05) is 13.6 Å². The summed E-state index contributed by atoms with van der Waals surface area (Å²) in [7, 11) is 1.53. The molecule has 1 aliphatic rings. The minimum absolute atomic E-state index is 0.314. The SMILES string of the molecule is CCC(C(=O)O)N(C)C(=O)NCCC1=CCCCC1. The molecule has 5 heteroatoms. The monoisotopic (exact) mass is 268 g/mol. The summed E-state index contributed by atoms with van der Waals surface area (Å²) in [6.45, 7) is 2.33. The van der Waals surface area contributed by atoms with E-state index in [0.29, 0.717) is 13.0 Å². The molecule has 0 aliphatic heterocycles. The average molecular weight is 268 g/mol. The van der Waals surface area contributed by atoms with Gasteiger partial charge in [0.15, 0.2) is 0 Å². The third-order valence-corrected chi connectivity index (χ3v) is 3.57. The number of hydrogen-bond donors (Lipinski definition) is 2. The Morgan fingerprint density at radius 2 is 2.21 bits per heavy atom. The molecular weight excluding hydrogens is 244 g/mol. The lowest BCUT2D eigenvalue weighted by Crippen LogP contribution is -2.47. The van der Waals surface area contributed by atoms with Gasteiger partial charge in [0.1, 0.15) is 6.04 Å². The van der Waals surface area contributed by atoms with Crippen molar-refractivity contribution in [2.75, 3.05) is 13.6 Å². The highest BCUT2D eigenvalue weighted by Gasteiger charge is 2.24. The number of likely N-dealkylation sites (N-methyl/N-ethyl adjacent to an activating group) is 1. The fourth-order valence-electron chi connectivity index (χ4n) is 2.34. The zero-order valence-corrected chi connectivity index (χ0v) is 11.8. The Labute approximate surface area is 114 Å². The van der Waals surface area contributed by atoms with E-state index in [-0.39, 0.29) is 6.03 Å². The second-order valence-electron chi connectivity index (χ2n) is 4.96. The largest absolute Gasteiger partial charge is 0.480 e. The van der Waals surface area contributed by atoms with E-state index in [1.807, 2.05) is 0 Å². The fraction of sp³-hybridized carbons (Fsp3) is 0.714. The first-order valence-corrected chi connectivity index (χ1v) is 6.97. The Kier molecular flexibility index (Phi) is 6.39. The molecule has 0 aromatic rings. The third-order valence-electron chi connectivity index (χ3n) is 3.57. The number of rotatable bonds is 6. The van der Waals surface area contributed by atoms with Crippen LogP contribution in [-0.2, 0) is 4.79 Å². The van der Waals surface area contributed by atoms with Gasteiger partial charge in [0.2, 0.25) is 0 Å². The van der Waals surface area contributed by atoms with E-state index >= 15 is 0 Å². The normalized spacial score (nSPS) is 16.4. The maximum absolute atomic E-state index is 11.8. The maximum Gasteiger partial charge on any atom is 0.326 e. The number of allylic oxidation sites excluding steroid dienone is 1. The molecule has 1 atom stereocenters. The van der Waals surface area contributed by atoms with Crippen molar-refractivity contribution in [3.63, 3.8) is 0 Å². The van der Waals surface area contributed by atoms with Crippen molar-refractivity contribution < 1.29 is 14.7 Å². The van der Waals surface area contributed by atoms with Crippen LogP contribution in [0.25, 0.3) is 0 Å². The van der Waals surface area contributed by atoms with Crippen molar-refractivity contribution >= 4 is 12.0 Å². The van der Waals surface area contributed by atoms with E-state index < -0.39 is 12.0 Å². The number of carbonyl (C=O) groups excluding carboxylic acids is 1. The highest BCUT2D eigenvalue weighted by molar-refractivity contribution is 5.82. The number of nitrogens with one attached hydrogen (secondary N) is 1. The molecule has 1 rings (SSSR count). The summed E-state index contributed by atoms with van der Waals surface area (Å²) in [6, 6.07) is -1.07. The zero-order chi connectivity index (χ0) is 14.3. The van der Waals surface area contributed by atoms with Gasteiger partial charge in [-0.15, -0.1) is 0 Å². The summed E-state index contributed by atoms with van der Waals surface area (Å²) in [6.07, 6.45) is 8.28. The van der Waals surface area contributed by atoms with Crippen LogP contribution >= 0.6 is 0 Å². The first-order chi connectivity index (χ1) is 9.06. The van der Waals surface area contributed by atoms with Crippen LogP contribution in [0.2, 0.25) is 0 Å². The van der Waals surface area contributed by atoms with E-state index in [0.717, 1.165) is 19.3 Å². The van der Waals surface area contributed by atoms with Crippen LogP contribution in [-0.4, -0.2) is 41.6 Å². The van der Waals surface area contributed by atoms with Crippen LogP contribution in [0.5, 0.6) is 0 Å². The van der Waals surface area contributed by atoms with Crippen molar-refractivity contribution in [1.82, 2.24) is 10.2 Å². The molecule has 1 aliphatic carbocycles. The van der Waals surface area contributed by atoms with Crippen molar-refractivity contribution in [3.05, 3.63) is 11.6 Å². The number of aliphatic carboxylic acids is 1. The predicted molar refractivity (Wildman–Crippen MR) is 74.0 cm³/mol. The van der Waals surface area contributed by atoms with E-state index in [2.05, 4.69) is 11.4 Å². The fourth-order valence-corrected chi connectivity index (χ4v) is 2.34. The molecule has 108 valence electrons. The molecule has 0 fully saturated rings. The van der Waals surface area contributed by atoms with Crippen molar-refractivity contribution in [2.45, 2.75) is 51.5 Å². The number of carboxylic acid groups (broad SMARTS) is 1.